The lowest BCUT2D eigenvalue weighted by Crippen LogP contribution is -2.28. The third kappa shape index (κ3) is 3.97. The minimum atomic E-state index is 0.629. The summed E-state index contributed by atoms with van der Waals surface area (Å²) in [6.45, 7) is 3.84. The number of rotatable bonds is 5. The van der Waals surface area contributed by atoms with Crippen LogP contribution in [0.3, 0.4) is 0 Å². The first-order chi connectivity index (χ1) is 8.38. The summed E-state index contributed by atoms with van der Waals surface area (Å²) >= 11 is 0. The molecule has 1 aromatic rings. The van der Waals surface area contributed by atoms with Crippen LogP contribution in [0.15, 0.2) is 42.0 Å². The third-order valence-corrected chi connectivity index (χ3v) is 3.18. The summed E-state index contributed by atoms with van der Waals surface area (Å²) < 4.78 is 0. The Morgan fingerprint density at radius 2 is 2.06 bits per heavy atom. The quantitative estimate of drug-likeness (QED) is 0.624. The first kappa shape index (κ1) is 12.3. The van der Waals surface area contributed by atoms with Gasteiger partial charge in [0, 0.05) is 19.6 Å². The molecule has 3 heteroatoms. The largest absolute Gasteiger partial charge is 0.304 e. The van der Waals surface area contributed by atoms with Gasteiger partial charge in [-0.1, -0.05) is 42.0 Å². The van der Waals surface area contributed by atoms with Crippen LogP contribution in [0.25, 0.3) is 0 Å². The topological polar surface area (TPSA) is 38.5 Å². The Balaban J connectivity index is 1.81. The van der Waals surface area contributed by atoms with E-state index >= 15 is 0 Å². The van der Waals surface area contributed by atoms with Crippen molar-refractivity contribution in [3.63, 3.8) is 0 Å². The van der Waals surface area contributed by atoms with Gasteiger partial charge in [0.15, 0.2) is 0 Å². The summed E-state index contributed by atoms with van der Waals surface area (Å²) in [4.78, 5) is 7.07. The summed E-state index contributed by atoms with van der Waals surface area (Å²) in [7, 11) is 0. The molecule has 3 nitrogen and oxygen atoms in total. The van der Waals surface area contributed by atoms with Gasteiger partial charge in [0.05, 0.1) is 6.61 Å². The Labute approximate surface area is 103 Å². The van der Waals surface area contributed by atoms with Crippen molar-refractivity contribution in [2.45, 2.75) is 19.4 Å². The van der Waals surface area contributed by atoms with Gasteiger partial charge in [-0.25, -0.2) is 5.90 Å². The smallest absolute Gasteiger partial charge is 0.0716 e. The van der Waals surface area contributed by atoms with E-state index in [1.807, 2.05) is 0 Å². The molecule has 1 aromatic carbocycles. The van der Waals surface area contributed by atoms with Gasteiger partial charge in [-0.3, -0.25) is 4.90 Å². The zero-order valence-corrected chi connectivity index (χ0v) is 10.1. The predicted octanol–water partition coefficient (Wildman–Crippen LogP) is 2.10. The zero-order valence-electron chi connectivity index (χ0n) is 10.1. The van der Waals surface area contributed by atoms with Crippen LogP contribution in [-0.2, 0) is 11.4 Å². The van der Waals surface area contributed by atoms with Crippen molar-refractivity contribution < 1.29 is 4.84 Å². The van der Waals surface area contributed by atoms with Gasteiger partial charge in [0.1, 0.15) is 0 Å². The monoisotopic (exact) mass is 232 g/mol. The van der Waals surface area contributed by atoms with Crippen LogP contribution in [0.5, 0.6) is 0 Å². The van der Waals surface area contributed by atoms with E-state index in [-0.39, 0.29) is 0 Å². The van der Waals surface area contributed by atoms with Gasteiger partial charge in [0.2, 0.25) is 0 Å². The zero-order chi connectivity index (χ0) is 11.9. The van der Waals surface area contributed by atoms with E-state index in [9.17, 15) is 0 Å². The van der Waals surface area contributed by atoms with Crippen LogP contribution in [0.1, 0.15) is 18.4 Å². The maximum atomic E-state index is 5.04. The second kappa shape index (κ2) is 6.55. The third-order valence-electron chi connectivity index (χ3n) is 3.18. The summed E-state index contributed by atoms with van der Waals surface area (Å²) in [5.74, 6) is 5.04. The van der Waals surface area contributed by atoms with E-state index < -0.39 is 0 Å². The van der Waals surface area contributed by atoms with Crippen molar-refractivity contribution in [1.29, 1.82) is 0 Å². The predicted molar refractivity (Wildman–Crippen MR) is 69.2 cm³/mol. The first-order valence-electron chi connectivity index (χ1n) is 6.14. The summed E-state index contributed by atoms with van der Waals surface area (Å²) in [6, 6.07) is 10.6. The molecule has 1 heterocycles. The highest BCUT2D eigenvalue weighted by atomic mass is 16.6. The second-order valence-corrected chi connectivity index (χ2v) is 4.45. The fraction of sp³-hybridized carbons (Fsp3) is 0.429. The lowest BCUT2D eigenvalue weighted by molar-refractivity contribution is 0.139. The first-order valence-corrected chi connectivity index (χ1v) is 6.14. The molecule has 2 N–H and O–H groups in total. The maximum Gasteiger partial charge on any atom is 0.0716 e. The normalized spacial score (nSPS) is 16.9. The molecule has 1 aliphatic rings. The molecule has 0 saturated heterocycles. The van der Waals surface area contributed by atoms with Crippen molar-refractivity contribution in [3.8, 4) is 0 Å². The molecule has 0 amide bonds. The Hall–Kier alpha value is -1.16. The minimum absolute atomic E-state index is 0.629. The van der Waals surface area contributed by atoms with E-state index in [1.165, 1.54) is 11.1 Å². The number of benzene rings is 1. The van der Waals surface area contributed by atoms with Gasteiger partial charge in [0.25, 0.3) is 0 Å². The van der Waals surface area contributed by atoms with Gasteiger partial charge in [-0.2, -0.15) is 0 Å². The van der Waals surface area contributed by atoms with Gasteiger partial charge >= 0.3 is 0 Å². The maximum absolute atomic E-state index is 5.04. The molecule has 0 saturated carbocycles. The van der Waals surface area contributed by atoms with Gasteiger partial charge in [-0.15, -0.1) is 0 Å². The molecular formula is C14H20N2O. The average Bonchev–Trinajstić information content (AvgIpc) is 2.39. The van der Waals surface area contributed by atoms with Crippen molar-refractivity contribution in [2.75, 3.05) is 19.7 Å². The van der Waals surface area contributed by atoms with E-state index in [0.29, 0.717) is 6.61 Å². The molecule has 0 atom stereocenters. The van der Waals surface area contributed by atoms with E-state index in [4.69, 9.17) is 5.90 Å². The summed E-state index contributed by atoms with van der Waals surface area (Å²) in [5, 5.41) is 0. The van der Waals surface area contributed by atoms with E-state index in [0.717, 1.165) is 32.5 Å². The molecule has 92 valence electrons. The number of nitrogens with two attached hydrogens (primary N) is 1. The highest BCUT2D eigenvalue weighted by Gasteiger charge is 2.11. The van der Waals surface area contributed by atoms with E-state index in [2.05, 4.69) is 46.1 Å². The number of nitrogens with zero attached hydrogens (tertiary/aromatic N) is 1. The second-order valence-electron chi connectivity index (χ2n) is 4.45. The summed E-state index contributed by atoms with van der Waals surface area (Å²) in [6.07, 6.45) is 4.41. The lowest BCUT2D eigenvalue weighted by atomic mass is 10.0. The molecule has 0 fully saturated rings. The molecule has 2 rings (SSSR count). The Morgan fingerprint density at radius 3 is 2.71 bits per heavy atom. The van der Waals surface area contributed by atoms with Crippen molar-refractivity contribution in [1.82, 2.24) is 4.90 Å². The molecule has 17 heavy (non-hydrogen) atoms. The van der Waals surface area contributed by atoms with Gasteiger partial charge in [-0.05, 0) is 18.4 Å². The molecule has 0 aliphatic carbocycles. The van der Waals surface area contributed by atoms with Crippen molar-refractivity contribution >= 4 is 0 Å². The van der Waals surface area contributed by atoms with Crippen molar-refractivity contribution in [3.05, 3.63) is 47.5 Å². The molecule has 0 spiro atoms. The van der Waals surface area contributed by atoms with Crippen LogP contribution in [-0.4, -0.2) is 24.6 Å². The minimum Gasteiger partial charge on any atom is -0.304 e. The van der Waals surface area contributed by atoms with E-state index in [1.54, 1.807) is 0 Å². The molecule has 0 bridgehead atoms. The van der Waals surface area contributed by atoms with Crippen molar-refractivity contribution in [2.24, 2.45) is 5.90 Å². The van der Waals surface area contributed by atoms with Crippen LogP contribution in [0, 0.1) is 0 Å². The van der Waals surface area contributed by atoms with Gasteiger partial charge < -0.3 is 4.84 Å². The van der Waals surface area contributed by atoms with Crippen LogP contribution in [0.2, 0.25) is 0 Å². The number of hydrogen-bond donors (Lipinski definition) is 1. The molecule has 1 aliphatic heterocycles. The molecule has 0 unspecified atom stereocenters. The Kier molecular flexibility index (Phi) is 4.74. The molecule has 0 aromatic heterocycles. The summed E-state index contributed by atoms with van der Waals surface area (Å²) in [5.41, 5.74) is 2.86. The van der Waals surface area contributed by atoms with Crippen LogP contribution < -0.4 is 5.90 Å². The fourth-order valence-electron chi connectivity index (χ4n) is 2.16. The standard InChI is InChI=1S/C14H20N2O/c15-17-11-8-13-6-9-16(10-7-13)12-14-4-2-1-3-5-14/h1-6H,7-12,15H2. The highest BCUT2D eigenvalue weighted by Crippen LogP contribution is 2.16. The molecular weight excluding hydrogens is 212 g/mol. The Morgan fingerprint density at radius 1 is 1.24 bits per heavy atom. The Bertz CT molecular complexity index is 362. The van der Waals surface area contributed by atoms with Crippen LogP contribution in [0.4, 0.5) is 0 Å². The highest BCUT2D eigenvalue weighted by molar-refractivity contribution is 5.15. The van der Waals surface area contributed by atoms with Crippen LogP contribution >= 0.6 is 0 Å². The fourth-order valence-corrected chi connectivity index (χ4v) is 2.16. The SMILES string of the molecule is NOCCC1=CCN(Cc2ccccc2)CC1. The number of hydrogen-bond acceptors (Lipinski definition) is 3. The lowest BCUT2D eigenvalue weighted by Gasteiger charge is -2.26. The molecule has 0 radical (unpaired) electrons. The average molecular weight is 232 g/mol.